The Bertz CT molecular complexity index is 699. The van der Waals surface area contributed by atoms with E-state index in [1.807, 2.05) is 9.80 Å². The van der Waals surface area contributed by atoms with Gasteiger partial charge in [-0.2, -0.15) is 0 Å². The van der Waals surface area contributed by atoms with Crippen LogP contribution in [0.4, 0.5) is 4.39 Å². The van der Waals surface area contributed by atoms with E-state index in [4.69, 9.17) is 16.3 Å². The second-order valence-electron chi connectivity index (χ2n) is 7.27. The largest absolute Gasteiger partial charge is 0.383 e. The molecular weight excluding hydrogens is 359 g/mol. The van der Waals surface area contributed by atoms with Crippen LogP contribution in [0.2, 0.25) is 5.02 Å². The molecule has 0 bridgehead atoms. The normalized spacial score (nSPS) is 23.6. The molecule has 5 nitrogen and oxygen atoms in total. The molecule has 0 aromatic heterocycles. The molecule has 26 heavy (non-hydrogen) atoms. The second kappa shape index (κ2) is 7.92. The third kappa shape index (κ3) is 4.01. The second-order valence-corrected chi connectivity index (χ2v) is 7.67. The molecular formula is C19H24ClFN2O3. The van der Waals surface area contributed by atoms with E-state index in [0.29, 0.717) is 44.8 Å². The number of amides is 2. The smallest absolute Gasteiger partial charge is 0.253 e. The average Bonchev–Trinajstić information content (AvgIpc) is 2.64. The summed E-state index contributed by atoms with van der Waals surface area (Å²) in [5.41, 5.74) is 0.330. The highest BCUT2D eigenvalue weighted by Gasteiger charge is 2.42. The van der Waals surface area contributed by atoms with Crippen LogP contribution >= 0.6 is 11.6 Å². The van der Waals surface area contributed by atoms with Gasteiger partial charge < -0.3 is 14.5 Å². The van der Waals surface area contributed by atoms with Gasteiger partial charge in [0.25, 0.3) is 5.91 Å². The highest BCUT2D eigenvalue weighted by Crippen LogP contribution is 2.39. The summed E-state index contributed by atoms with van der Waals surface area (Å²) in [5.74, 6) is -0.509. The van der Waals surface area contributed by atoms with E-state index >= 15 is 0 Å². The Morgan fingerprint density at radius 2 is 2.15 bits per heavy atom. The summed E-state index contributed by atoms with van der Waals surface area (Å²) >= 11 is 5.82. The van der Waals surface area contributed by atoms with Crippen LogP contribution in [0.5, 0.6) is 0 Å². The van der Waals surface area contributed by atoms with Crippen molar-refractivity contribution in [1.29, 1.82) is 0 Å². The van der Waals surface area contributed by atoms with Crippen molar-refractivity contribution in [3.05, 3.63) is 34.6 Å². The number of halogens is 2. The summed E-state index contributed by atoms with van der Waals surface area (Å²) in [6, 6.07) is 4.08. The van der Waals surface area contributed by atoms with Gasteiger partial charge in [-0.05, 0) is 37.5 Å². The summed E-state index contributed by atoms with van der Waals surface area (Å²) in [6.45, 7) is 3.03. The molecule has 3 rings (SSSR count). The Kier molecular flexibility index (Phi) is 5.82. The van der Waals surface area contributed by atoms with Crippen molar-refractivity contribution in [3.63, 3.8) is 0 Å². The zero-order valence-corrected chi connectivity index (χ0v) is 15.7. The molecule has 1 atom stereocenters. The van der Waals surface area contributed by atoms with Crippen LogP contribution in [0.25, 0.3) is 0 Å². The van der Waals surface area contributed by atoms with Crippen molar-refractivity contribution < 1.29 is 18.7 Å². The molecule has 2 aliphatic rings. The molecule has 0 radical (unpaired) electrons. The molecule has 2 fully saturated rings. The zero-order chi connectivity index (χ0) is 18.7. The van der Waals surface area contributed by atoms with Gasteiger partial charge in [0.15, 0.2) is 0 Å². The molecule has 2 saturated heterocycles. The molecule has 2 heterocycles. The first-order chi connectivity index (χ1) is 12.4. The van der Waals surface area contributed by atoms with Crippen LogP contribution in [-0.4, -0.2) is 61.5 Å². The fourth-order valence-corrected chi connectivity index (χ4v) is 4.21. The maximum absolute atomic E-state index is 13.4. The van der Waals surface area contributed by atoms with Gasteiger partial charge in [-0.3, -0.25) is 9.59 Å². The Morgan fingerprint density at radius 3 is 2.88 bits per heavy atom. The summed E-state index contributed by atoms with van der Waals surface area (Å²) in [5, 5.41) is -0.0448. The minimum atomic E-state index is -0.530. The Labute approximate surface area is 158 Å². The number of hydrogen-bond donors (Lipinski definition) is 0. The number of benzene rings is 1. The Balaban J connectivity index is 1.72. The number of piperidine rings is 2. The molecule has 0 unspecified atom stereocenters. The number of carbonyl (C=O) groups is 2. The van der Waals surface area contributed by atoms with Gasteiger partial charge in [0.05, 0.1) is 11.6 Å². The van der Waals surface area contributed by atoms with Gasteiger partial charge in [0, 0.05) is 50.7 Å². The van der Waals surface area contributed by atoms with Crippen molar-refractivity contribution in [2.24, 2.45) is 5.41 Å². The molecule has 0 saturated carbocycles. The topological polar surface area (TPSA) is 49.9 Å². The molecule has 2 amide bonds. The SMILES string of the molecule is COCCN1C[C@]2(CCCN(C(=O)c3ccc(F)c(Cl)c3)C2)CCC1=O. The highest BCUT2D eigenvalue weighted by atomic mass is 35.5. The number of rotatable bonds is 4. The lowest BCUT2D eigenvalue weighted by Gasteiger charge is -2.48. The van der Waals surface area contributed by atoms with E-state index in [-0.39, 0.29) is 22.3 Å². The maximum atomic E-state index is 13.4. The Hall–Kier alpha value is -1.66. The number of carbonyl (C=O) groups excluding carboxylic acids is 2. The zero-order valence-electron chi connectivity index (χ0n) is 15.0. The van der Waals surface area contributed by atoms with Gasteiger partial charge in [0.2, 0.25) is 5.91 Å². The lowest BCUT2D eigenvalue weighted by atomic mass is 9.73. The molecule has 0 aliphatic carbocycles. The maximum Gasteiger partial charge on any atom is 0.253 e. The quantitative estimate of drug-likeness (QED) is 0.804. The van der Waals surface area contributed by atoms with E-state index in [1.54, 1.807) is 7.11 Å². The molecule has 1 aromatic carbocycles. The van der Waals surface area contributed by atoms with Crippen LogP contribution in [0.15, 0.2) is 18.2 Å². The first-order valence-corrected chi connectivity index (χ1v) is 9.33. The third-order valence-electron chi connectivity index (χ3n) is 5.43. The van der Waals surface area contributed by atoms with E-state index in [0.717, 1.165) is 19.3 Å². The molecule has 1 spiro atoms. The van der Waals surface area contributed by atoms with Gasteiger partial charge >= 0.3 is 0 Å². The number of ether oxygens (including phenoxy) is 1. The predicted molar refractivity (Wildman–Crippen MR) is 96.7 cm³/mol. The fraction of sp³-hybridized carbons (Fsp3) is 0.579. The van der Waals surface area contributed by atoms with Crippen molar-refractivity contribution in [2.45, 2.75) is 25.7 Å². The predicted octanol–water partition coefficient (Wildman–Crippen LogP) is 2.97. The molecule has 0 N–H and O–H groups in total. The van der Waals surface area contributed by atoms with Crippen LogP contribution in [-0.2, 0) is 9.53 Å². The third-order valence-corrected chi connectivity index (χ3v) is 5.72. The van der Waals surface area contributed by atoms with E-state index in [1.165, 1.54) is 18.2 Å². The minimum Gasteiger partial charge on any atom is -0.383 e. The van der Waals surface area contributed by atoms with Crippen LogP contribution in [0.1, 0.15) is 36.0 Å². The standard InChI is InChI=1S/C19H24ClFN2O3/c1-26-10-9-22-12-19(7-5-17(22)24)6-2-8-23(13-19)18(25)14-3-4-16(21)15(20)11-14/h3-4,11H,2,5-10,12-13H2,1H3/t19-/m0/s1. The lowest BCUT2D eigenvalue weighted by Crippen LogP contribution is -2.55. The van der Waals surface area contributed by atoms with Crippen LogP contribution in [0, 0.1) is 11.2 Å². The van der Waals surface area contributed by atoms with Crippen LogP contribution < -0.4 is 0 Å². The van der Waals surface area contributed by atoms with E-state index < -0.39 is 5.82 Å². The molecule has 1 aromatic rings. The summed E-state index contributed by atoms with van der Waals surface area (Å²) in [4.78, 5) is 28.7. The van der Waals surface area contributed by atoms with Gasteiger partial charge in [-0.25, -0.2) is 4.39 Å². The lowest BCUT2D eigenvalue weighted by molar-refractivity contribution is -0.139. The van der Waals surface area contributed by atoms with Gasteiger partial charge in [-0.1, -0.05) is 11.6 Å². The number of likely N-dealkylation sites (tertiary alicyclic amines) is 2. The highest BCUT2D eigenvalue weighted by molar-refractivity contribution is 6.31. The first kappa shape index (κ1) is 19.1. The van der Waals surface area contributed by atoms with Gasteiger partial charge in [0.1, 0.15) is 5.82 Å². The van der Waals surface area contributed by atoms with Crippen molar-refractivity contribution in [3.8, 4) is 0 Å². The number of methoxy groups -OCH3 is 1. The first-order valence-electron chi connectivity index (χ1n) is 8.95. The van der Waals surface area contributed by atoms with Gasteiger partial charge in [-0.15, -0.1) is 0 Å². The molecule has 142 valence electrons. The number of hydrogen-bond acceptors (Lipinski definition) is 3. The monoisotopic (exact) mass is 382 g/mol. The average molecular weight is 383 g/mol. The van der Waals surface area contributed by atoms with E-state index in [2.05, 4.69) is 0 Å². The summed E-state index contributed by atoms with van der Waals surface area (Å²) < 4.78 is 18.5. The number of nitrogens with zero attached hydrogens (tertiary/aromatic N) is 2. The Morgan fingerprint density at radius 1 is 1.35 bits per heavy atom. The van der Waals surface area contributed by atoms with Crippen molar-refractivity contribution in [1.82, 2.24) is 9.80 Å². The molecule has 7 heteroatoms. The van der Waals surface area contributed by atoms with Crippen LogP contribution in [0.3, 0.4) is 0 Å². The summed E-state index contributed by atoms with van der Waals surface area (Å²) in [6.07, 6.45) is 3.20. The summed E-state index contributed by atoms with van der Waals surface area (Å²) in [7, 11) is 1.62. The van der Waals surface area contributed by atoms with Crippen molar-refractivity contribution in [2.75, 3.05) is 39.9 Å². The minimum absolute atomic E-state index is 0.0448. The van der Waals surface area contributed by atoms with Crippen molar-refractivity contribution >= 4 is 23.4 Å². The van der Waals surface area contributed by atoms with E-state index in [9.17, 15) is 14.0 Å². The fourth-order valence-electron chi connectivity index (χ4n) is 4.03. The molecule has 2 aliphatic heterocycles.